The number of nitrogens with zero attached hydrogens (tertiary/aromatic N) is 2. The summed E-state index contributed by atoms with van der Waals surface area (Å²) >= 11 is 1.89. The monoisotopic (exact) mass is 453 g/mol. The van der Waals surface area contributed by atoms with Gasteiger partial charge in [-0.15, -0.1) is 11.3 Å². The molecule has 3 heterocycles. The number of rotatable bonds is 1. The molecule has 0 atom stereocenters. The molecule has 5 aromatic carbocycles. The van der Waals surface area contributed by atoms with E-state index in [2.05, 4.69) is 99.8 Å². The number of aromatic nitrogens is 1. The predicted octanol–water partition coefficient (Wildman–Crippen LogP) is 7.90. The Morgan fingerprint density at radius 3 is 2.24 bits per heavy atom. The quantitative estimate of drug-likeness (QED) is 0.269. The number of thiophene rings is 1. The van der Waals surface area contributed by atoms with Crippen molar-refractivity contribution in [3.8, 4) is 0 Å². The summed E-state index contributed by atoms with van der Waals surface area (Å²) in [7, 11) is 0. The number of aliphatic imine (C=N–C) groups is 1. The van der Waals surface area contributed by atoms with E-state index >= 15 is 0 Å². The highest BCUT2D eigenvalue weighted by molar-refractivity contribution is 7.27. The molecule has 0 fully saturated rings. The summed E-state index contributed by atoms with van der Waals surface area (Å²) < 4.78 is 5.07. The number of hydrogen-bond acceptors (Lipinski definition) is 3. The lowest BCUT2D eigenvalue weighted by atomic mass is 9.98. The van der Waals surface area contributed by atoms with E-state index in [1.807, 2.05) is 23.8 Å². The summed E-state index contributed by atoms with van der Waals surface area (Å²) in [5.74, 6) is 1.02. The van der Waals surface area contributed by atoms with Gasteiger partial charge in [0.15, 0.2) is 0 Å². The molecular weight excluding hydrogens is 434 g/mol. The summed E-state index contributed by atoms with van der Waals surface area (Å²) in [5, 5.41) is 14.0. The van der Waals surface area contributed by atoms with Crippen molar-refractivity contribution in [2.45, 2.75) is 0 Å². The maximum atomic E-state index is 4.53. The molecule has 4 heteroatoms. The molecule has 1 N–H and O–H groups in total. The smallest absolute Gasteiger partial charge is 0.130 e. The molecule has 0 radical (unpaired) electrons. The van der Waals surface area contributed by atoms with Gasteiger partial charge in [-0.2, -0.15) is 0 Å². The van der Waals surface area contributed by atoms with Gasteiger partial charge in [-0.1, -0.05) is 78.9 Å². The molecule has 34 heavy (non-hydrogen) atoms. The first-order valence-corrected chi connectivity index (χ1v) is 12.4. The van der Waals surface area contributed by atoms with Crippen LogP contribution in [0.25, 0.3) is 69.3 Å². The normalized spacial score (nSPS) is 14.1. The average Bonchev–Trinajstić information content (AvgIpc) is 3.46. The fourth-order valence-electron chi connectivity index (χ4n) is 5.68. The lowest BCUT2D eigenvalue weighted by Crippen LogP contribution is -2.21. The van der Waals surface area contributed by atoms with Gasteiger partial charge in [-0.3, -0.25) is 9.56 Å². The molecule has 0 saturated heterocycles. The van der Waals surface area contributed by atoms with Crippen LogP contribution in [0.5, 0.6) is 0 Å². The third-order valence-electron chi connectivity index (χ3n) is 7.05. The molecule has 160 valence electrons. The van der Waals surface area contributed by atoms with Gasteiger partial charge in [0.05, 0.1) is 28.5 Å². The van der Waals surface area contributed by atoms with Gasteiger partial charge in [-0.05, 0) is 22.2 Å². The maximum absolute atomic E-state index is 4.53. The molecule has 0 saturated carbocycles. The zero-order chi connectivity index (χ0) is 22.2. The minimum absolute atomic E-state index is 0.723. The van der Waals surface area contributed by atoms with E-state index in [1.54, 1.807) is 0 Å². The molecule has 1 aliphatic rings. The molecule has 0 amide bonds. The van der Waals surface area contributed by atoms with Gasteiger partial charge in [0.1, 0.15) is 5.82 Å². The van der Waals surface area contributed by atoms with Crippen LogP contribution in [0.1, 0.15) is 0 Å². The molecule has 7 aromatic rings. The first kappa shape index (κ1) is 18.3. The van der Waals surface area contributed by atoms with Crippen LogP contribution in [-0.4, -0.2) is 17.3 Å². The molecule has 0 bridgehead atoms. The Morgan fingerprint density at radius 2 is 1.41 bits per heavy atom. The van der Waals surface area contributed by atoms with E-state index in [4.69, 9.17) is 0 Å². The van der Waals surface area contributed by atoms with Crippen molar-refractivity contribution >= 4 is 86.9 Å². The molecule has 3 nitrogen and oxygen atoms in total. The van der Waals surface area contributed by atoms with Crippen LogP contribution < -0.4 is 5.32 Å². The number of benzene rings is 5. The Kier molecular flexibility index (Phi) is 3.60. The highest BCUT2D eigenvalue weighted by Crippen LogP contribution is 2.48. The first-order valence-electron chi connectivity index (χ1n) is 11.5. The minimum atomic E-state index is 0.723. The molecule has 2 aromatic heterocycles. The Bertz CT molecular complexity index is 2020. The lowest BCUT2D eigenvalue weighted by molar-refractivity contribution is 0.946. The largest absolute Gasteiger partial charge is 0.365 e. The lowest BCUT2D eigenvalue weighted by Gasteiger charge is -2.16. The highest BCUT2D eigenvalue weighted by Gasteiger charge is 2.23. The van der Waals surface area contributed by atoms with Crippen molar-refractivity contribution < 1.29 is 0 Å². The number of fused-ring (bicyclic) bond motifs is 12. The van der Waals surface area contributed by atoms with E-state index in [0.717, 1.165) is 12.4 Å². The standard InChI is InChI=1S/C30H19N3S/c1-2-8-19-18(7-1)13-14-23-26-20-9-3-4-10-21(20)27-22-11-5-6-12-24(22)34-30(27)29(26)33(28(19)23)25-17-31-15-16-32-25/h1-15,17,32H,16H2. The molecule has 0 aliphatic carbocycles. The fourth-order valence-corrected chi connectivity index (χ4v) is 6.94. The second kappa shape index (κ2) is 6.69. The van der Waals surface area contributed by atoms with E-state index in [9.17, 15) is 0 Å². The summed E-state index contributed by atoms with van der Waals surface area (Å²) in [6, 6.07) is 30.9. The third kappa shape index (κ3) is 2.28. The van der Waals surface area contributed by atoms with Crippen molar-refractivity contribution in [2.75, 3.05) is 6.54 Å². The maximum Gasteiger partial charge on any atom is 0.130 e. The average molecular weight is 454 g/mol. The molecule has 1 aliphatic heterocycles. The highest BCUT2D eigenvalue weighted by atomic mass is 32.1. The van der Waals surface area contributed by atoms with Crippen molar-refractivity contribution in [3.63, 3.8) is 0 Å². The van der Waals surface area contributed by atoms with Crippen LogP contribution in [0.3, 0.4) is 0 Å². The van der Waals surface area contributed by atoms with Crippen molar-refractivity contribution in [1.29, 1.82) is 0 Å². The van der Waals surface area contributed by atoms with Crippen LogP contribution in [0.15, 0.2) is 96.1 Å². The Morgan fingerprint density at radius 1 is 0.676 bits per heavy atom. The summed E-state index contributed by atoms with van der Waals surface area (Å²) in [4.78, 5) is 4.53. The Balaban J connectivity index is 1.77. The SMILES string of the molecule is C1=NC=C(n2c3c4ccccc4ccc3c3c4ccccc4c4c5ccccc5sc4c32)NC1. The van der Waals surface area contributed by atoms with Gasteiger partial charge in [0.25, 0.3) is 0 Å². The van der Waals surface area contributed by atoms with Gasteiger partial charge in [0, 0.05) is 37.8 Å². The predicted molar refractivity (Wildman–Crippen MR) is 148 cm³/mol. The molecule has 0 unspecified atom stereocenters. The summed E-state index contributed by atoms with van der Waals surface area (Å²) in [5.41, 5.74) is 2.50. The fraction of sp³-hybridized carbons (Fsp3) is 0.0333. The second-order valence-electron chi connectivity index (χ2n) is 8.82. The zero-order valence-electron chi connectivity index (χ0n) is 18.2. The van der Waals surface area contributed by atoms with Gasteiger partial charge in [-0.25, -0.2) is 0 Å². The van der Waals surface area contributed by atoms with Crippen molar-refractivity contribution in [1.82, 2.24) is 9.88 Å². The Hall–Kier alpha value is -4.15. The van der Waals surface area contributed by atoms with Gasteiger partial charge < -0.3 is 5.32 Å². The van der Waals surface area contributed by atoms with Crippen molar-refractivity contribution in [3.05, 3.63) is 91.1 Å². The van der Waals surface area contributed by atoms with Gasteiger partial charge >= 0.3 is 0 Å². The second-order valence-corrected chi connectivity index (χ2v) is 9.87. The van der Waals surface area contributed by atoms with E-state index in [-0.39, 0.29) is 0 Å². The molecule has 8 rings (SSSR count). The zero-order valence-corrected chi connectivity index (χ0v) is 19.1. The van der Waals surface area contributed by atoms with Crippen LogP contribution in [0, 0.1) is 0 Å². The number of hydrogen-bond donors (Lipinski definition) is 1. The van der Waals surface area contributed by atoms with Crippen LogP contribution in [0.2, 0.25) is 0 Å². The van der Waals surface area contributed by atoms with E-state index in [1.165, 1.54) is 63.5 Å². The molecular formula is C30H19N3S. The topological polar surface area (TPSA) is 29.3 Å². The van der Waals surface area contributed by atoms with Crippen LogP contribution in [0.4, 0.5) is 0 Å². The van der Waals surface area contributed by atoms with Crippen LogP contribution >= 0.6 is 11.3 Å². The van der Waals surface area contributed by atoms with E-state index in [0.29, 0.717) is 0 Å². The minimum Gasteiger partial charge on any atom is -0.365 e. The summed E-state index contributed by atoms with van der Waals surface area (Å²) in [6.07, 6.45) is 3.87. The Labute approximate surface area is 199 Å². The summed E-state index contributed by atoms with van der Waals surface area (Å²) in [6.45, 7) is 0.723. The third-order valence-corrected chi connectivity index (χ3v) is 8.23. The van der Waals surface area contributed by atoms with Crippen LogP contribution in [-0.2, 0) is 0 Å². The van der Waals surface area contributed by atoms with E-state index < -0.39 is 0 Å². The van der Waals surface area contributed by atoms with Gasteiger partial charge in [0.2, 0.25) is 0 Å². The molecule has 0 spiro atoms. The first-order chi connectivity index (χ1) is 16.9. The van der Waals surface area contributed by atoms with Crippen molar-refractivity contribution in [2.24, 2.45) is 4.99 Å². The number of nitrogens with one attached hydrogen (secondary N) is 1.